The Morgan fingerprint density at radius 2 is 1.78 bits per heavy atom. The lowest BCUT2D eigenvalue weighted by Gasteiger charge is -2.14. The van der Waals surface area contributed by atoms with Crippen LogP contribution in [0.5, 0.6) is 11.6 Å². The van der Waals surface area contributed by atoms with Crippen molar-refractivity contribution in [3.63, 3.8) is 0 Å². The van der Waals surface area contributed by atoms with E-state index in [1.165, 1.54) is 24.3 Å². The quantitative estimate of drug-likeness (QED) is 0.293. The van der Waals surface area contributed by atoms with Gasteiger partial charge in [-0.2, -0.15) is 0 Å². The molecule has 0 aliphatic carbocycles. The second-order valence-corrected chi connectivity index (χ2v) is 9.44. The molecule has 12 heteroatoms. The average Bonchev–Trinajstić information content (AvgIpc) is 3.14. The van der Waals surface area contributed by atoms with Crippen LogP contribution in [0.2, 0.25) is 0 Å². The van der Waals surface area contributed by atoms with Gasteiger partial charge in [-0.3, -0.25) is 24.4 Å². The number of phenolic OH excluding ortho intramolecular Hbond substituents is 1. The summed E-state index contributed by atoms with van der Waals surface area (Å²) < 4.78 is 0. The number of aromatic nitrogens is 2. The highest BCUT2D eigenvalue weighted by atomic mass is 32.2. The Kier molecular flexibility index (Phi) is 6.97. The molecule has 6 N–H and O–H groups in total. The number of hydrogen-bond donors (Lipinski definition) is 6. The van der Waals surface area contributed by atoms with Crippen LogP contribution in [-0.4, -0.2) is 42.4 Å². The molecule has 1 aliphatic heterocycles. The number of aromatic hydroxyl groups is 2. The first-order chi connectivity index (χ1) is 17.1. The molecule has 2 amide bonds. The third-order valence-electron chi connectivity index (χ3n) is 5.63. The van der Waals surface area contributed by atoms with E-state index in [4.69, 9.17) is 0 Å². The van der Waals surface area contributed by atoms with E-state index in [0.717, 1.165) is 22.9 Å². The van der Waals surface area contributed by atoms with Gasteiger partial charge >= 0.3 is 5.69 Å². The van der Waals surface area contributed by atoms with Gasteiger partial charge in [0.15, 0.2) is 5.17 Å². The van der Waals surface area contributed by atoms with E-state index in [9.17, 15) is 29.4 Å². The minimum Gasteiger partial charge on any atom is -0.508 e. The van der Waals surface area contributed by atoms with E-state index in [1.54, 1.807) is 6.07 Å². The first kappa shape index (κ1) is 24.8. The van der Waals surface area contributed by atoms with Gasteiger partial charge in [0.05, 0.1) is 0 Å². The van der Waals surface area contributed by atoms with E-state index in [1.807, 2.05) is 31.0 Å². The molecule has 0 unspecified atom stereocenters. The van der Waals surface area contributed by atoms with Crippen molar-refractivity contribution < 1.29 is 19.8 Å². The Morgan fingerprint density at radius 1 is 1.06 bits per heavy atom. The molecule has 1 aromatic heterocycles. The number of nitrogens with one attached hydrogen (secondary N) is 4. The molecule has 2 aromatic carbocycles. The highest BCUT2D eigenvalue weighted by molar-refractivity contribution is 8.15. The summed E-state index contributed by atoms with van der Waals surface area (Å²) in [6.45, 7) is 3.90. The number of carbonyl (C=O) groups excluding carboxylic acids is 2. The van der Waals surface area contributed by atoms with Crippen molar-refractivity contribution in [3.05, 3.63) is 85.6 Å². The Bertz CT molecular complexity index is 1480. The van der Waals surface area contributed by atoms with E-state index in [0.29, 0.717) is 11.3 Å². The SMILES string of the molecule is Cc1ccc(NC(=O)C[C@@H]2SC(=N[C@@H](c3ccc(O)cc3)c3c(O)[nH]c(=O)[nH]c3=O)NC2=O)cc1C. The predicted octanol–water partition coefficient (Wildman–Crippen LogP) is 1.80. The number of anilines is 1. The van der Waals surface area contributed by atoms with Crippen LogP contribution in [0.25, 0.3) is 0 Å². The second-order valence-electron chi connectivity index (χ2n) is 8.25. The van der Waals surface area contributed by atoms with Gasteiger partial charge in [0.25, 0.3) is 5.56 Å². The summed E-state index contributed by atoms with van der Waals surface area (Å²) in [5.41, 5.74) is 1.14. The molecule has 0 bridgehead atoms. The standard InChI is InChI=1S/C24H23N5O6S/c1-11-3-6-14(9-12(11)2)25-17(31)10-16-20(32)29-24(36-16)26-19(13-4-7-15(30)8-5-13)18-21(33)27-23(35)28-22(18)34/h3-9,16,19,30H,10H2,1-2H3,(H,25,31)(H,26,29,32)(H3,27,28,33,34,35)/t16-,19-/m0/s1. The molecule has 1 saturated heterocycles. The largest absolute Gasteiger partial charge is 0.508 e. The zero-order chi connectivity index (χ0) is 26.0. The fourth-order valence-electron chi connectivity index (χ4n) is 3.62. The molecule has 1 aliphatic rings. The van der Waals surface area contributed by atoms with Gasteiger partial charge in [-0.15, -0.1) is 0 Å². The summed E-state index contributed by atoms with van der Waals surface area (Å²) in [4.78, 5) is 57.8. The summed E-state index contributed by atoms with van der Waals surface area (Å²) in [6.07, 6.45) is -0.114. The number of rotatable bonds is 6. The van der Waals surface area contributed by atoms with Crippen LogP contribution in [0.15, 0.2) is 57.0 Å². The molecule has 2 atom stereocenters. The Morgan fingerprint density at radius 3 is 2.44 bits per heavy atom. The van der Waals surface area contributed by atoms with Gasteiger partial charge in [0, 0.05) is 12.1 Å². The van der Waals surface area contributed by atoms with Crippen molar-refractivity contribution in [1.82, 2.24) is 15.3 Å². The van der Waals surface area contributed by atoms with Crippen LogP contribution >= 0.6 is 11.8 Å². The maximum Gasteiger partial charge on any atom is 0.328 e. The van der Waals surface area contributed by atoms with Gasteiger partial charge in [-0.1, -0.05) is 30.0 Å². The number of thioether (sulfide) groups is 1. The van der Waals surface area contributed by atoms with Crippen LogP contribution < -0.4 is 21.9 Å². The number of benzene rings is 2. The number of amidine groups is 1. The van der Waals surface area contributed by atoms with Gasteiger partial charge in [0.2, 0.25) is 17.7 Å². The first-order valence-corrected chi connectivity index (χ1v) is 11.8. The van der Waals surface area contributed by atoms with Gasteiger partial charge < -0.3 is 20.8 Å². The second kappa shape index (κ2) is 10.1. The molecule has 3 aromatic rings. The molecule has 4 rings (SSSR count). The maximum absolute atomic E-state index is 12.6. The summed E-state index contributed by atoms with van der Waals surface area (Å²) in [7, 11) is 0. The minimum absolute atomic E-state index is 0.0249. The van der Waals surface area contributed by atoms with Crippen LogP contribution in [0.1, 0.15) is 34.7 Å². The van der Waals surface area contributed by atoms with Gasteiger partial charge in [0.1, 0.15) is 22.6 Å². The number of nitrogens with zero attached hydrogens (tertiary/aromatic N) is 1. The zero-order valence-corrected chi connectivity index (χ0v) is 20.1. The van der Waals surface area contributed by atoms with Crippen molar-refractivity contribution in [2.24, 2.45) is 4.99 Å². The normalized spacial score (nSPS) is 17.1. The fourth-order valence-corrected chi connectivity index (χ4v) is 4.61. The topological polar surface area (TPSA) is 177 Å². The van der Waals surface area contributed by atoms with Crippen molar-refractivity contribution in [1.29, 1.82) is 0 Å². The first-order valence-electron chi connectivity index (χ1n) is 10.9. The summed E-state index contributed by atoms with van der Waals surface area (Å²) in [5, 5.41) is 24.7. The van der Waals surface area contributed by atoms with Gasteiger partial charge in [-0.25, -0.2) is 9.79 Å². The van der Waals surface area contributed by atoms with Gasteiger partial charge in [-0.05, 0) is 54.8 Å². The van der Waals surface area contributed by atoms with E-state index in [2.05, 4.69) is 20.6 Å². The van der Waals surface area contributed by atoms with Crippen molar-refractivity contribution in [2.45, 2.75) is 31.6 Å². The number of carbonyl (C=O) groups is 2. The van der Waals surface area contributed by atoms with Crippen molar-refractivity contribution in [2.75, 3.05) is 5.32 Å². The lowest BCUT2D eigenvalue weighted by atomic mass is 10.0. The minimum atomic E-state index is -1.13. The molecular weight excluding hydrogens is 486 g/mol. The monoisotopic (exact) mass is 509 g/mol. The number of aliphatic imine (C=N–C) groups is 1. The van der Waals surface area contributed by atoms with E-state index in [-0.39, 0.29) is 28.8 Å². The summed E-state index contributed by atoms with van der Waals surface area (Å²) in [6, 6.07) is 10.1. The highest BCUT2D eigenvalue weighted by Gasteiger charge is 2.33. The number of aryl methyl sites for hydroxylation is 2. The molecule has 11 nitrogen and oxygen atoms in total. The van der Waals surface area contributed by atoms with E-state index < -0.39 is 34.3 Å². The number of hydrogen-bond acceptors (Lipinski definition) is 8. The van der Waals surface area contributed by atoms with Crippen LogP contribution in [0, 0.1) is 13.8 Å². The third kappa shape index (κ3) is 5.49. The van der Waals surface area contributed by atoms with Crippen LogP contribution in [0.3, 0.4) is 0 Å². The van der Waals surface area contributed by atoms with Crippen molar-refractivity contribution in [3.8, 4) is 11.6 Å². The molecule has 0 spiro atoms. The summed E-state index contributed by atoms with van der Waals surface area (Å²) >= 11 is 1.01. The average molecular weight is 510 g/mol. The molecule has 0 radical (unpaired) electrons. The highest BCUT2D eigenvalue weighted by Crippen LogP contribution is 2.32. The lowest BCUT2D eigenvalue weighted by Crippen LogP contribution is -2.29. The Balaban J connectivity index is 1.58. The Labute approximate surface area is 208 Å². The fraction of sp³-hybridized carbons (Fsp3) is 0.208. The van der Waals surface area contributed by atoms with Crippen LogP contribution in [0.4, 0.5) is 5.69 Å². The molecular formula is C24H23N5O6S. The number of phenols is 1. The number of aromatic amines is 2. The predicted molar refractivity (Wildman–Crippen MR) is 135 cm³/mol. The number of H-pyrrole nitrogens is 2. The molecule has 2 heterocycles. The molecule has 1 fully saturated rings. The molecule has 186 valence electrons. The van der Waals surface area contributed by atoms with Crippen LogP contribution in [-0.2, 0) is 9.59 Å². The van der Waals surface area contributed by atoms with Crippen molar-refractivity contribution >= 4 is 34.4 Å². The Hall–Kier alpha value is -4.32. The molecule has 36 heavy (non-hydrogen) atoms. The smallest absolute Gasteiger partial charge is 0.328 e. The third-order valence-corrected chi connectivity index (χ3v) is 6.72. The number of amides is 2. The summed E-state index contributed by atoms with van der Waals surface area (Å²) in [5.74, 6) is -1.48. The zero-order valence-electron chi connectivity index (χ0n) is 19.3. The van der Waals surface area contributed by atoms with E-state index >= 15 is 0 Å². The maximum atomic E-state index is 12.6. The molecule has 0 saturated carbocycles. The lowest BCUT2D eigenvalue weighted by molar-refractivity contribution is -0.122.